The van der Waals surface area contributed by atoms with Crippen LogP contribution in [0.2, 0.25) is 0 Å². The summed E-state index contributed by atoms with van der Waals surface area (Å²) >= 11 is 0. The van der Waals surface area contributed by atoms with Crippen LogP contribution in [-0.4, -0.2) is 27.9 Å². The Labute approximate surface area is 267 Å². The van der Waals surface area contributed by atoms with Crippen molar-refractivity contribution >= 4 is 12.0 Å². The highest BCUT2D eigenvalue weighted by Gasteiger charge is 2.69. The van der Waals surface area contributed by atoms with Crippen molar-refractivity contribution in [2.45, 2.75) is 131 Å². The molecule has 4 saturated carbocycles. The maximum Gasteiger partial charge on any atom is 0.331 e. The first kappa shape index (κ1) is 33.3. The minimum absolute atomic E-state index is 0.0969. The number of hydrogen-bond acceptors (Lipinski definition) is 4. The van der Waals surface area contributed by atoms with Gasteiger partial charge in [-0.1, -0.05) is 72.8 Å². The molecular weight excluding hydrogens is 544 g/mol. The van der Waals surface area contributed by atoms with Crippen LogP contribution >= 0.6 is 0 Å². The van der Waals surface area contributed by atoms with E-state index in [0.29, 0.717) is 29.6 Å². The van der Waals surface area contributed by atoms with Crippen LogP contribution in [-0.2, 0) is 9.53 Å². The molecule has 4 fully saturated rings. The van der Waals surface area contributed by atoms with Gasteiger partial charge in [0.05, 0.1) is 5.60 Å². The lowest BCUT2D eigenvalue weighted by atomic mass is 9.35. The van der Waals surface area contributed by atoms with Crippen molar-refractivity contribution < 1.29 is 19.7 Å². The Morgan fingerprint density at radius 3 is 2.30 bits per heavy atom. The van der Waals surface area contributed by atoms with Gasteiger partial charge in [-0.3, -0.25) is 0 Å². The topological polar surface area (TPSA) is 66.8 Å². The summed E-state index contributed by atoms with van der Waals surface area (Å²) in [6.07, 6.45) is 14.1. The highest BCUT2D eigenvalue weighted by atomic mass is 16.5. The van der Waals surface area contributed by atoms with Crippen molar-refractivity contribution in [3.05, 3.63) is 48.1 Å². The van der Waals surface area contributed by atoms with Gasteiger partial charge in [0.2, 0.25) is 0 Å². The summed E-state index contributed by atoms with van der Waals surface area (Å²) in [7, 11) is 0. The van der Waals surface area contributed by atoms with Gasteiger partial charge < -0.3 is 14.9 Å². The van der Waals surface area contributed by atoms with E-state index in [1.54, 1.807) is 30.3 Å². The summed E-state index contributed by atoms with van der Waals surface area (Å²) in [6, 6.07) is 6.84. The number of ether oxygens (including phenoxy) is 1. The molecule has 4 aliphatic carbocycles. The number of phenolic OH excluding ortho intramolecular Hbond substituents is 1. The van der Waals surface area contributed by atoms with E-state index >= 15 is 0 Å². The predicted octanol–water partition coefficient (Wildman–Crippen LogP) is 9.75. The molecule has 2 N–H and O–H groups in total. The molecule has 0 amide bonds. The Kier molecular flexibility index (Phi) is 8.80. The maximum atomic E-state index is 13.0. The molecule has 4 nitrogen and oxygen atoms in total. The summed E-state index contributed by atoms with van der Waals surface area (Å²) < 4.78 is 6.19. The maximum absolute atomic E-state index is 13.0. The fourth-order valence-corrected chi connectivity index (χ4v) is 11.5. The Hall–Kier alpha value is -2.07. The zero-order valence-electron chi connectivity index (χ0n) is 28.9. The average molecular weight is 605 g/mol. The molecule has 1 aromatic rings. The molecule has 0 spiro atoms. The summed E-state index contributed by atoms with van der Waals surface area (Å²) in [5.74, 6) is 2.47. The standard InChI is InChI=1S/C40H60O4/c1-26(2)27(3)18-25-40(9,43)31-19-23-38(7)30(31)15-16-33-37(6)22-21-34(36(4,5)32(37)20-24-39(33,38)8)44-35(42)17-12-28-10-13-29(41)14-11-28/h10-14,17,26,30-34,41,43H,3,15-16,18-25H2,1-2,4-9H3/b17-12-/t30-,31+,32+,33-,34?,37+,38-,39-,40+/m1/s1. The van der Waals surface area contributed by atoms with Crippen molar-refractivity contribution in [3.63, 3.8) is 0 Å². The van der Waals surface area contributed by atoms with Crippen molar-refractivity contribution in [1.29, 1.82) is 0 Å². The molecule has 0 saturated heterocycles. The molecule has 1 unspecified atom stereocenters. The molecular formula is C40H60O4. The Balaban J connectivity index is 1.31. The van der Waals surface area contributed by atoms with Crippen molar-refractivity contribution in [3.8, 4) is 5.75 Å². The number of benzene rings is 1. The van der Waals surface area contributed by atoms with Gasteiger partial charge in [0, 0.05) is 11.5 Å². The molecule has 0 radical (unpaired) electrons. The number of aliphatic hydroxyl groups is 1. The van der Waals surface area contributed by atoms with E-state index in [2.05, 4.69) is 62.0 Å². The molecule has 5 rings (SSSR count). The zero-order valence-corrected chi connectivity index (χ0v) is 28.9. The van der Waals surface area contributed by atoms with Crippen LogP contribution in [0.3, 0.4) is 0 Å². The van der Waals surface area contributed by atoms with E-state index in [0.717, 1.165) is 37.7 Å². The van der Waals surface area contributed by atoms with Crippen LogP contribution in [0.5, 0.6) is 5.75 Å². The third kappa shape index (κ3) is 5.50. The summed E-state index contributed by atoms with van der Waals surface area (Å²) in [5, 5.41) is 21.4. The molecule has 0 aromatic heterocycles. The average Bonchev–Trinajstić information content (AvgIpc) is 3.32. The quantitative estimate of drug-likeness (QED) is 0.176. The van der Waals surface area contributed by atoms with Crippen LogP contribution in [0.15, 0.2) is 42.5 Å². The largest absolute Gasteiger partial charge is 0.508 e. The molecule has 0 bridgehead atoms. The second-order valence-electron chi connectivity index (χ2n) is 17.2. The lowest BCUT2D eigenvalue weighted by Crippen LogP contribution is -2.64. The number of esters is 1. The number of carbonyl (C=O) groups excluding carboxylic acids is 1. The van der Waals surface area contributed by atoms with Crippen molar-refractivity contribution in [1.82, 2.24) is 0 Å². The van der Waals surface area contributed by atoms with E-state index in [4.69, 9.17) is 4.74 Å². The highest BCUT2D eigenvalue weighted by Crippen LogP contribution is 2.76. The molecule has 4 heteroatoms. The van der Waals surface area contributed by atoms with E-state index in [1.165, 1.54) is 43.8 Å². The van der Waals surface area contributed by atoms with Gasteiger partial charge >= 0.3 is 5.97 Å². The fourth-order valence-electron chi connectivity index (χ4n) is 11.5. The molecule has 1 aromatic carbocycles. The smallest absolute Gasteiger partial charge is 0.331 e. The van der Waals surface area contributed by atoms with Gasteiger partial charge in [-0.05, 0) is 141 Å². The first-order valence-electron chi connectivity index (χ1n) is 17.5. The molecule has 4 aliphatic rings. The second kappa shape index (κ2) is 11.6. The lowest BCUT2D eigenvalue weighted by Gasteiger charge is -2.70. The SMILES string of the molecule is C=C(CC[C@](C)(O)[C@H]1CC[C@]2(C)[C@@H]1CC[C@@H]1[C@@]3(C)CCC(OC(=O)/C=C\c4ccc(O)cc4)C(C)(C)[C@@H]3CC[C@]12C)C(C)C. The van der Waals surface area contributed by atoms with Crippen LogP contribution < -0.4 is 0 Å². The molecule has 244 valence electrons. The predicted molar refractivity (Wildman–Crippen MR) is 180 cm³/mol. The van der Waals surface area contributed by atoms with Gasteiger partial charge in [-0.25, -0.2) is 4.79 Å². The minimum atomic E-state index is -0.648. The summed E-state index contributed by atoms with van der Waals surface area (Å²) in [4.78, 5) is 13.0. The normalized spacial score (nSPS) is 39.3. The van der Waals surface area contributed by atoms with E-state index in [-0.39, 0.29) is 39.5 Å². The van der Waals surface area contributed by atoms with Gasteiger partial charge in [0.15, 0.2) is 0 Å². The first-order valence-corrected chi connectivity index (χ1v) is 17.5. The molecule has 0 aliphatic heterocycles. The summed E-state index contributed by atoms with van der Waals surface area (Å²) in [5.41, 5.74) is 2.07. The zero-order chi connectivity index (χ0) is 32.3. The molecule has 44 heavy (non-hydrogen) atoms. The Morgan fingerprint density at radius 1 is 0.977 bits per heavy atom. The third-order valence-electron chi connectivity index (χ3n) is 14.5. The van der Waals surface area contributed by atoms with Crippen LogP contribution in [0, 0.1) is 51.2 Å². The van der Waals surface area contributed by atoms with Gasteiger partial charge in [0.25, 0.3) is 0 Å². The summed E-state index contributed by atoms with van der Waals surface area (Å²) in [6.45, 7) is 23.3. The number of allylic oxidation sites excluding steroid dienone is 1. The van der Waals surface area contributed by atoms with Crippen LogP contribution in [0.4, 0.5) is 0 Å². The Bertz CT molecular complexity index is 1260. The van der Waals surface area contributed by atoms with E-state index in [1.807, 2.05) is 0 Å². The molecule has 9 atom stereocenters. The third-order valence-corrected chi connectivity index (χ3v) is 14.5. The van der Waals surface area contributed by atoms with E-state index < -0.39 is 5.60 Å². The van der Waals surface area contributed by atoms with Gasteiger partial charge in [-0.15, -0.1) is 0 Å². The van der Waals surface area contributed by atoms with Crippen LogP contribution in [0.25, 0.3) is 6.08 Å². The lowest BCUT2D eigenvalue weighted by molar-refractivity contribution is -0.229. The second-order valence-corrected chi connectivity index (χ2v) is 17.2. The number of aromatic hydroxyl groups is 1. The number of fused-ring (bicyclic) bond motifs is 5. The van der Waals surface area contributed by atoms with E-state index in [9.17, 15) is 15.0 Å². The number of rotatable bonds is 8. The first-order chi connectivity index (χ1) is 20.5. The number of hydrogen-bond donors (Lipinski definition) is 2. The highest BCUT2D eigenvalue weighted by molar-refractivity contribution is 5.87. The monoisotopic (exact) mass is 604 g/mol. The minimum Gasteiger partial charge on any atom is -0.508 e. The number of carbonyl (C=O) groups is 1. The van der Waals surface area contributed by atoms with Crippen molar-refractivity contribution in [2.24, 2.45) is 51.2 Å². The van der Waals surface area contributed by atoms with Crippen LogP contribution in [0.1, 0.15) is 125 Å². The van der Waals surface area contributed by atoms with Gasteiger partial charge in [0.1, 0.15) is 11.9 Å². The van der Waals surface area contributed by atoms with Gasteiger partial charge in [-0.2, -0.15) is 0 Å². The number of phenols is 1. The fraction of sp³-hybridized carbons (Fsp3) is 0.725. The Morgan fingerprint density at radius 2 is 1.64 bits per heavy atom. The molecule has 0 heterocycles. The van der Waals surface area contributed by atoms with Crippen molar-refractivity contribution in [2.75, 3.05) is 0 Å².